The maximum absolute atomic E-state index is 10.1. The monoisotopic (exact) mass is 210 g/mol. The fourth-order valence-electron chi connectivity index (χ4n) is 2.18. The fraction of sp³-hybridized carbons (Fsp3) is 0.800. The summed E-state index contributed by atoms with van der Waals surface area (Å²) in [7, 11) is 0. The van der Waals surface area contributed by atoms with Gasteiger partial charge in [-0.25, -0.2) is 4.98 Å². The third-order valence-corrected chi connectivity index (χ3v) is 2.90. The van der Waals surface area contributed by atoms with E-state index in [4.69, 9.17) is 5.73 Å². The molecule has 1 aromatic rings. The van der Waals surface area contributed by atoms with Crippen LogP contribution in [0.1, 0.15) is 32.0 Å². The molecule has 0 spiro atoms. The molecule has 0 unspecified atom stereocenters. The minimum atomic E-state index is -0.641. The van der Waals surface area contributed by atoms with E-state index in [9.17, 15) is 5.11 Å². The molecule has 0 aromatic carbocycles. The van der Waals surface area contributed by atoms with Crippen LogP contribution in [-0.4, -0.2) is 31.5 Å². The molecule has 1 heterocycles. The molecule has 1 saturated carbocycles. The number of aliphatic hydroxyl groups is 1. The van der Waals surface area contributed by atoms with Crippen LogP contribution >= 0.6 is 0 Å². The molecule has 0 bridgehead atoms. The minimum absolute atomic E-state index is 0.151. The number of nitrogens with two attached hydrogens (primary N) is 1. The number of hydrogen-bond donors (Lipinski definition) is 2. The Morgan fingerprint density at radius 2 is 2.40 bits per heavy atom. The first-order valence-corrected chi connectivity index (χ1v) is 5.47. The first-order valence-electron chi connectivity index (χ1n) is 5.47. The van der Waals surface area contributed by atoms with Gasteiger partial charge in [-0.2, -0.15) is 5.10 Å². The van der Waals surface area contributed by atoms with Crippen molar-refractivity contribution in [2.24, 2.45) is 5.73 Å². The number of rotatable bonds is 4. The Morgan fingerprint density at radius 1 is 1.67 bits per heavy atom. The van der Waals surface area contributed by atoms with Crippen molar-refractivity contribution in [1.29, 1.82) is 0 Å². The SMILES string of the molecule is CCCn1ncnc1CC1(O)CC(N)C1. The largest absolute Gasteiger partial charge is 0.389 e. The molecule has 0 saturated heterocycles. The lowest BCUT2D eigenvalue weighted by molar-refractivity contribution is -0.0477. The van der Waals surface area contributed by atoms with Gasteiger partial charge in [0.2, 0.25) is 0 Å². The van der Waals surface area contributed by atoms with Gasteiger partial charge in [0.1, 0.15) is 12.2 Å². The fourth-order valence-corrected chi connectivity index (χ4v) is 2.18. The highest BCUT2D eigenvalue weighted by Crippen LogP contribution is 2.33. The Balaban J connectivity index is 2.01. The molecule has 0 aliphatic heterocycles. The molecule has 0 radical (unpaired) electrons. The maximum atomic E-state index is 10.1. The van der Waals surface area contributed by atoms with Gasteiger partial charge in [-0.1, -0.05) is 6.92 Å². The maximum Gasteiger partial charge on any atom is 0.138 e. The van der Waals surface area contributed by atoms with E-state index in [1.807, 2.05) is 4.68 Å². The van der Waals surface area contributed by atoms with E-state index in [1.54, 1.807) is 6.33 Å². The van der Waals surface area contributed by atoms with Gasteiger partial charge >= 0.3 is 0 Å². The molecule has 1 aromatic heterocycles. The van der Waals surface area contributed by atoms with Gasteiger partial charge in [-0.3, -0.25) is 4.68 Å². The van der Waals surface area contributed by atoms with Gasteiger partial charge in [-0.15, -0.1) is 0 Å². The molecule has 0 atom stereocenters. The van der Waals surface area contributed by atoms with Crippen molar-refractivity contribution >= 4 is 0 Å². The molecule has 5 heteroatoms. The van der Waals surface area contributed by atoms with Crippen molar-refractivity contribution < 1.29 is 5.11 Å². The van der Waals surface area contributed by atoms with Gasteiger partial charge in [0.05, 0.1) is 5.60 Å². The summed E-state index contributed by atoms with van der Waals surface area (Å²) >= 11 is 0. The second kappa shape index (κ2) is 3.90. The van der Waals surface area contributed by atoms with Gasteiger partial charge in [0.15, 0.2) is 0 Å². The van der Waals surface area contributed by atoms with Crippen molar-refractivity contribution in [2.45, 2.75) is 50.8 Å². The first kappa shape index (κ1) is 10.6. The lowest BCUT2D eigenvalue weighted by Gasteiger charge is -2.41. The highest BCUT2D eigenvalue weighted by Gasteiger charge is 2.41. The second-order valence-corrected chi connectivity index (χ2v) is 4.47. The van der Waals surface area contributed by atoms with E-state index in [1.165, 1.54) is 0 Å². The number of nitrogens with zero attached hydrogens (tertiary/aromatic N) is 3. The lowest BCUT2D eigenvalue weighted by atomic mass is 9.74. The van der Waals surface area contributed by atoms with E-state index < -0.39 is 5.60 Å². The van der Waals surface area contributed by atoms with Crippen molar-refractivity contribution in [1.82, 2.24) is 14.8 Å². The predicted molar refractivity (Wildman–Crippen MR) is 56.2 cm³/mol. The predicted octanol–water partition coefficient (Wildman–Crippen LogP) is 0.0828. The van der Waals surface area contributed by atoms with Crippen molar-refractivity contribution in [3.8, 4) is 0 Å². The number of hydrogen-bond acceptors (Lipinski definition) is 4. The van der Waals surface area contributed by atoms with Crippen LogP contribution in [0.25, 0.3) is 0 Å². The molecular weight excluding hydrogens is 192 g/mol. The average molecular weight is 210 g/mol. The Bertz CT molecular complexity index is 330. The number of aryl methyl sites for hydroxylation is 1. The zero-order valence-corrected chi connectivity index (χ0v) is 9.06. The van der Waals surface area contributed by atoms with Crippen molar-refractivity contribution in [3.63, 3.8) is 0 Å². The smallest absolute Gasteiger partial charge is 0.138 e. The Morgan fingerprint density at radius 3 is 3.00 bits per heavy atom. The van der Waals surface area contributed by atoms with E-state index in [2.05, 4.69) is 17.0 Å². The van der Waals surface area contributed by atoms with Crippen LogP contribution in [-0.2, 0) is 13.0 Å². The topological polar surface area (TPSA) is 77.0 Å². The summed E-state index contributed by atoms with van der Waals surface area (Å²) in [5, 5.41) is 14.2. The quantitative estimate of drug-likeness (QED) is 0.738. The first-order chi connectivity index (χ1) is 7.13. The summed E-state index contributed by atoms with van der Waals surface area (Å²) in [4.78, 5) is 4.18. The van der Waals surface area contributed by atoms with Crippen LogP contribution in [0.5, 0.6) is 0 Å². The lowest BCUT2D eigenvalue weighted by Crippen LogP contribution is -2.53. The Labute approximate surface area is 89.3 Å². The minimum Gasteiger partial charge on any atom is -0.389 e. The highest BCUT2D eigenvalue weighted by molar-refractivity contribution is 5.03. The van der Waals surface area contributed by atoms with Gasteiger partial charge in [-0.05, 0) is 19.3 Å². The number of aromatic nitrogens is 3. The van der Waals surface area contributed by atoms with E-state index in [-0.39, 0.29) is 6.04 Å². The standard InChI is InChI=1S/C10H18N4O/c1-2-3-14-9(12-7-13-14)6-10(15)4-8(11)5-10/h7-8,15H,2-6,11H2,1H3. The van der Waals surface area contributed by atoms with E-state index in [0.717, 1.165) is 18.8 Å². The summed E-state index contributed by atoms with van der Waals surface area (Å²) in [5.74, 6) is 0.867. The van der Waals surface area contributed by atoms with Crippen LogP contribution in [0.4, 0.5) is 0 Å². The molecule has 3 N–H and O–H groups in total. The summed E-state index contributed by atoms with van der Waals surface area (Å²) in [6.45, 7) is 2.96. The molecule has 5 nitrogen and oxygen atoms in total. The van der Waals surface area contributed by atoms with Crippen LogP contribution in [0, 0.1) is 0 Å². The summed E-state index contributed by atoms with van der Waals surface area (Å²) < 4.78 is 1.86. The van der Waals surface area contributed by atoms with Crippen molar-refractivity contribution in [2.75, 3.05) is 0 Å². The average Bonchev–Trinajstić information content (AvgIpc) is 2.51. The molecule has 1 aliphatic rings. The summed E-state index contributed by atoms with van der Waals surface area (Å²) in [5.41, 5.74) is 5.04. The molecule has 84 valence electrons. The van der Waals surface area contributed by atoms with Gasteiger partial charge < -0.3 is 10.8 Å². The van der Waals surface area contributed by atoms with Crippen LogP contribution < -0.4 is 5.73 Å². The van der Waals surface area contributed by atoms with E-state index >= 15 is 0 Å². The summed E-state index contributed by atoms with van der Waals surface area (Å²) in [6.07, 6.45) is 4.49. The summed E-state index contributed by atoms with van der Waals surface area (Å²) in [6, 6.07) is 0.151. The third kappa shape index (κ3) is 2.18. The highest BCUT2D eigenvalue weighted by atomic mass is 16.3. The van der Waals surface area contributed by atoms with Gasteiger partial charge in [0, 0.05) is 19.0 Å². The Kier molecular flexibility index (Phi) is 2.75. The Hall–Kier alpha value is -0.940. The molecule has 15 heavy (non-hydrogen) atoms. The normalized spacial score (nSPS) is 30.2. The molecule has 1 fully saturated rings. The van der Waals surface area contributed by atoms with Crippen LogP contribution in [0.15, 0.2) is 6.33 Å². The van der Waals surface area contributed by atoms with Crippen molar-refractivity contribution in [3.05, 3.63) is 12.2 Å². The zero-order chi connectivity index (χ0) is 10.9. The van der Waals surface area contributed by atoms with Crippen LogP contribution in [0.2, 0.25) is 0 Å². The molecule has 0 amide bonds. The van der Waals surface area contributed by atoms with Gasteiger partial charge in [0.25, 0.3) is 0 Å². The third-order valence-electron chi connectivity index (χ3n) is 2.90. The van der Waals surface area contributed by atoms with E-state index in [0.29, 0.717) is 19.3 Å². The second-order valence-electron chi connectivity index (χ2n) is 4.47. The zero-order valence-electron chi connectivity index (χ0n) is 9.06. The molecule has 2 rings (SSSR count). The molecular formula is C10H18N4O. The van der Waals surface area contributed by atoms with Crippen LogP contribution in [0.3, 0.4) is 0 Å². The molecule has 1 aliphatic carbocycles.